The number of rotatable bonds is 3. The summed E-state index contributed by atoms with van der Waals surface area (Å²) in [5.41, 5.74) is 6.81. The van der Waals surface area contributed by atoms with Gasteiger partial charge in [-0.2, -0.15) is 0 Å². The summed E-state index contributed by atoms with van der Waals surface area (Å²) in [7, 11) is 0. The number of esters is 1. The van der Waals surface area contributed by atoms with Gasteiger partial charge in [0.15, 0.2) is 5.65 Å². The van der Waals surface area contributed by atoms with Crippen molar-refractivity contribution >= 4 is 34.8 Å². The number of anilines is 1. The van der Waals surface area contributed by atoms with E-state index >= 15 is 0 Å². The highest BCUT2D eigenvalue weighted by molar-refractivity contribution is 6.30. The van der Waals surface area contributed by atoms with Crippen LogP contribution < -0.4 is 16.5 Å². The Hall–Kier alpha value is -3.06. The quantitative estimate of drug-likeness (QED) is 0.369. The van der Waals surface area contributed by atoms with E-state index in [0.717, 1.165) is 12.8 Å². The highest BCUT2D eigenvalue weighted by Crippen LogP contribution is 2.50. The van der Waals surface area contributed by atoms with E-state index in [2.05, 4.69) is 53.5 Å². The third-order valence-electron chi connectivity index (χ3n) is 8.19. The first-order chi connectivity index (χ1) is 18.0. The number of benzene rings is 1. The lowest BCUT2D eigenvalue weighted by Gasteiger charge is -2.50. The highest BCUT2D eigenvalue weighted by Gasteiger charge is 2.48. The molecule has 0 aliphatic heterocycles. The highest BCUT2D eigenvalue weighted by atomic mass is 35.5. The Morgan fingerprint density at radius 3 is 2.10 bits per heavy atom. The van der Waals surface area contributed by atoms with Gasteiger partial charge in [-0.15, -0.1) is 0 Å². The van der Waals surface area contributed by atoms with Crippen LogP contribution in [0.15, 0.2) is 35.3 Å². The first kappa shape index (κ1) is 28.9. The summed E-state index contributed by atoms with van der Waals surface area (Å²) < 4.78 is 7.76. The minimum absolute atomic E-state index is 0.0841. The predicted octanol–water partition coefficient (Wildman–Crippen LogP) is 6.28. The Labute approximate surface area is 235 Å². The smallest absolute Gasteiger partial charge is 0.342 e. The number of aliphatic hydroxyl groups is 1. The number of ether oxygens (including phenoxy) is 1. The summed E-state index contributed by atoms with van der Waals surface area (Å²) in [6.45, 7) is 16.8. The molecule has 4 rings (SSSR count). The number of halogens is 1. The van der Waals surface area contributed by atoms with Gasteiger partial charge >= 0.3 is 5.97 Å². The van der Waals surface area contributed by atoms with Crippen LogP contribution in [0.2, 0.25) is 5.02 Å². The van der Waals surface area contributed by atoms with E-state index in [9.17, 15) is 14.7 Å². The van der Waals surface area contributed by atoms with Gasteiger partial charge < -0.3 is 15.6 Å². The number of fused-ring (bicyclic) bond motifs is 1. The lowest BCUT2D eigenvalue weighted by atomic mass is 9.59. The number of carbonyl (C=O) groups excluding carboxylic acids is 1. The van der Waals surface area contributed by atoms with Crippen molar-refractivity contribution in [3.8, 4) is 11.1 Å². The van der Waals surface area contributed by atoms with Crippen molar-refractivity contribution in [2.45, 2.75) is 74.3 Å². The standard InChI is InChI=1S/C31H40ClN3O4/c1-16-13-21(30(3,4)5)25(22(14-16)31(6,7)8)39-29(38)24-20(18-9-11-19(32)12-10-18)15-35-27(24)34-26(33)23(17(2)36)28(35)37/h9-12,15-16,21-22,25,36H,13-14H2,1-8H3,(H2,33,34). The Bertz CT molecular complexity index is 1490. The molecule has 3 N–H and O–H groups in total. The van der Waals surface area contributed by atoms with Crippen molar-refractivity contribution < 1.29 is 14.6 Å². The van der Waals surface area contributed by atoms with Gasteiger partial charge in [0.1, 0.15) is 28.5 Å². The minimum atomic E-state index is -0.557. The maximum Gasteiger partial charge on any atom is 0.342 e. The number of nitrogens with zero attached hydrogens (tertiary/aromatic N) is 2. The van der Waals surface area contributed by atoms with E-state index in [4.69, 9.17) is 22.1 Å². The predicted molar refractivity (Wildman–Crippen MR) is 157 cm³/mol. The van der Waals surface area contributed by atoms with Gasteiger partial charge in [0, 0.05) is 28.6 Å². The van der Waals surface area contributed by atoms with Gasteiger partial charge in [0.2, 0.25) is 0 Å². The fourth-order valence-corrected chi connectivity index (χ4v) is 6.23. The molecule has 1 aromatic carbocycles. The van der Waals surface area contributed by atoms with Crippen LogP contribution in [-0.4, -0.2) is 26.6 Å². The van der Waals surface area contributed by atoms with Crippen LogP contribution in [0.4, 0.5) is 5.82 Å². The van der Waals surface area contributed by atoms with Crippen LogP contribution in [0.5, 0.6) is 0 Å². The number of nitrogen functional groups attached to an aromatic ring is 1. The Morgan fingerprint density at radius 1 is 1.08 bits per heavy atom. The molecule has 1 saturated carbocycles. The first-order valence-corrected chi connectivity index (χ1v) is 13.9. The molecule has 210 valence electrons. The number of hydrogen-bond donors (Lipinski definition) is 2. The van der Waals surface area contributed by atoms with Gasteiger partial charge in [-0.25, -0.2) is 9.78 Å². The molecule has 0 radical (unpaired) electrons. The van der Waals surface area contributed by atoms with E-state index in [-0.39, 0.29) is 56.8 Å². The van der Waals surface area contributed by atoms with E-state index in [0.29, 0.717) is 22.1 Å². The summed E-state index contributed by atoms with van der Waals surface area (Å²) in [4.78, 5) is 32.0. The zero-order valence-corrected chi connectivity index (χ0v) is 24.9. The molecule has 7 nitrogen and oxygen atoms in total. The second-order valence-electron chi connectivity index (χ2n) is 13.3. The molecular formula is C31H40ClN3O4. The lowest BCUT2D eigenvalue weighted by molar-refractivity contribution is -0.0922. The monoisotopic (exact) mass is 553 g/mol. The molecule has 0 bridgehead atoms. The Morgan fingerprint density at radius 2 is 1.62 bits per heavy atom. The second kappa shape index (κ2) is 10.2. The SMILES string of the molecule is CC(O)=c1c(N)nc2c(C(=O)OC3C(C(C)(C)C)CC(C)CC3C(C)(C)C)c(-c3ccc(Cl)cc3)cn2c1=O. The molecule has 2 unspecified atom stereocenters. The molecular weight excluding hydrogens is 514 g/mol. The van der Waals surface area contributed by atoms with Crippen molar-refractivity contribution in [2.24, 2.45) is 28.6 Å². The van der Waals surface area contributed by atoms with Crippen molar-refractivity contribution in [3.63, 3.8) is 0 Å². The fourth-order valence-electron chi connectivity index (χ4n) is 6.10. The number of hydrogen-bond acceptors (Lipinski definition) is 6. The van der Waals surface area contributed by atoms with Crippen LogP contribution in [0.25, 0.3) is 22.5 Å². The van der Waals surface area contributed by atoms with Crippen molar-refractivity contribution in [3.05, 3.63) is 56.6 Å². The Kier molecular flexibility index (Phi) is 7.54. The minimum Gasteiger partial charge on any atom is -0.512 e. The second-order valence-corrected chi connectivity index (χ2v) is 13.7. The van der Waals surface area contributed by atoms with Crippen LogP contribution in [0, 0.1) is 28.6 Å². The average molecular weight is 554 g/mol. The van der Waals surface area contributed by atoms with Crippen molar-refractivity contribution in [2.75, 3.05) is 5.73 Å². The molecule has 0 saturated heterocycles. The summed E-state index contributed by atoms with van der Waals surface area (Å²) in [5, 5.41) is 10.6. The van der Waals surface area contributed by atoms with E-state index in [1.54, 1.807) is 30.5 Å². The number of aromatic nitrogens is 2. The van der Waals surface area contributed by atoms with Gasteiger partial charge in [-0.1, -0.05) is 72.2 Å². The zero-order valence-electron chi connectivity index (χ0n) is 24.1. The third-order valence-corrected chi connectivity index (χ3v) is 8.44. The zero-order chi connectivity index (χ0) is 29.0. The molecule has 1 fully saturated rings. The van der Waals surface area contributed by atoms with Crippen molar-refractivity contribution in [1.29, 1.82) is 0 Å². The molecule has 8 heteroatoms. The average Bonchev–Trinajstić information content (AvgIpc) is 3.18. The van der Waals surface area contributed by atoms with Crippen LogP contribution in [0.3, 0.4) is 0 Å². The van der Waals surface area contributed by atoms with Crippen LogP contribution >= 0.6 is 11.6 Å². The molecule has 1 aliphatic rings. The fraction of sp³-hybridized carbons (Fsp3) is 0.516. The summed E-state index contributed by atoms with van der Waals surface area (Å²) in [5.74, 6) is -0.130. The molecule has 0 spiro atoms. The maximum absolute atomic E-state index is 14.2. The molecule has 0 amide bonds. The van der Waals surface area contributed by atoms with Crippen LogP contribution in [-0.2, 0) is 4.74 Å². The van der Waals surface area contributed by atoms with Crippen LogP contribution in [0.1, 0.15) is 78.6 Å². The molecule has 2 aromatic heterocycles. The normalized spacial score (nSPS) is 23.1. The van der Waals surface area contributed by atoms with Gasteiger partial charge in [0.25, 0.3) is 5.56 Å². The number of aliphatic hydroxyl groups excluding tert-OH is 1. The third kappa shape index (κ3) is 5.51. The van der Waals surface area contributed by atoms with E-state index < -0.39 is 11.5 Å². The molecule has 2 heterocycles. The summed E-state index contributed by atoms with van der Waals surface area (Å²) in [6.07, 6.45) is 3.15. The summed E-state index contributed by atoms with van der Waals surface area (Å²) in [6, 6.07) is 7.01. The molecule has 1 aliphatic carbocycles. The van der Waals surface area contributed by atoms with E-state index in [1.807, 2.05) is 0 Å². The maximum atomic E-state index is 14.2. The molecule has 2 atom stereocenters. The largest absolute Gasteiger partial charge is 0.512 e. The first-order valence-electron chi connectivity index (χ1n) is 13.5. The van der Waals surface area contributed by atoms with E-state index in [1.165, 1.54) is 11.3 Å². The topological polar surface area (TPSA) is 107 Å². The Balaban J connectivity index is 1.94. The van der Waals surface area contributed by atoms with Gasteiger partial charge in [-0.05, 0) is 54.2 Å². The molecule has 39 heavy (non-hydrogen) atoms. The molecule has 3 aromatic rings. The lowest BCUT2D eigenvalue weighted by Crippen LogP contribution is -2.49. The van der Waals surface area contributed by atoms with Gasteiger partial charge in [0.05, 0.1) is 0 Å². The number of nitrogens with two attached hydrogens (primary N) is 1. The number of carbonyl (C=O) groups is 1. The van der Waals surface area contributed by atoms with Gasteiger partial charge in [-0.3, -0.25) is 9.20 Å². The summed E-state index contributed by atoms with van der Waals surface area (Å²) >= 11 is 6.13. The van der Waals surface area contributed by atoms with Crippen molar-refractivity contribution in [1.82, 2.24) is 9.38 Å².